The molecule has 0 aromatic carbocycles. The molecule has 8 heteroatoms. The number of aryl methyl sites for hydroxylation is 1. The number of anilines is 1. The molecule has 0 spiro atoms. The molecule has 7 nitrogen and oxygen atoms in total. The lowest BCUT2D eigenvalue weighted by molar-refractivity contribution is 0.0933. The van der Waals surface area contributed by atoms with Crippen LogP contribution in [-0.4, -0.2) is 27.6 Å². The Morgan fingerprint density at radius 1 is 1.50 bits per heavy atom. The molecule has 108 valence electrons. The maximum Gasteiger partial charge on any atom is 0.282 e. The molecular formula is C12H17N5O2S. The maximum absolute atomic E-state index is 12.0. The van der Waals surface area contributed by atoms with Crippen molar-refractivity contribution in [3.05, 3.63) is 22.9 Å². The minimum absolute atomic E-state index is 0.282. The van der Waals surface area contributed by atoms with Crippen LogP contribution in [0, 0.1) is 6.92 Å². The molecule has 0 bridgehead atoms. The first-order valence-corrected chi connectivity index (χ1v) is 7.22. The zero-order valence-electron chi connectivity index (χ0n) is 11.6. The number of hydrogen-bond donors (Lipinski definition) is 2. The zero-order chi connectivity index (χ0) is 14.5. The molecule has 20 heavy (non-hydrogen) atoms. The number of aromatic nitrogens is 3. The minimum Gasteiger partial charge on any atom is -0.444 e. The Labute approximate surface area is 120 Å². The summed E-state index contributed by atoms with van der Waals surface area (Å²) in [5, 5.41) is 14.6. The largest absolute Gasteiger partial charge is 0.444 e. The Morgan fingerprint density at radius 2 is 2.30 bits per heavy atom. The van der Waals surface area contributed by atoms with Crippen LogP contribution in [0.15, 0.2) is 10.6 Å². The van der Waals surface area contributed by atoms with Crippen molar-refractivity contribution in [2.45, 2.75) is 33.2 Å². The summed E-state index contributed by atoms with van der Waals surface area (Å²) >= 11 is 1.23. The van der Waals surface area contributed by atoms with Gasteiger partial charge in [-0.2, -0.15) is 0 Å². The van der Waals surface area contributed by atoms with Crippen LogP contribution in [0.5, 0.6) is 0 Å². The van der Waals surface area contributed by atoms with Crippen molar-refractivity contribution >= 4 is 22.4 Å². The monoisotopic (exact) mass is 295 g/mol. The Balaban J connectivity index is 1.95. The van der Waals surface area contributed by atoms with Crippen molar-refractivity contribution in [3.8, 4) is 0 Å². The minimum atomic E-state index is -0.313. The van der Waals surface area contributed by atoms with Gasteiger partial charge in [-0.3, -0.25) is 4.79 Å². The van der Waals surface area contributed by atoms with Gasteiger partial charge in [-0.1, -0.05) is 18.3 Å². The molecule has 0 radical (unpaired) electrons. The SMILES string of the molecule is CCCNc1nnc(C(=O)NC(C)c2ncc(C)o2)s1. The number of rotatable bonds is 6. The quantitative estimate of drug-likeness (QED) is 0.848. The summed E-state index contributed by atoms with van der Waals surface area (Å²) in [6, 6.07) is -0.313. The molecule has 2 heterocycles. The highest BCUT2D eigenvalue weighted by Gasteiger charge is 2.18. The molecule has 2 aromatic heterocycles. The van der Waals surface area contributed by atoms with Gasteiger partial charge in [0.1, 0.15) is 11.8 Å². The average Bonchev–Trinajstić information content (AvgIpc) is 3.05. The number of nitrogens with one attached hydrogen (secondary N) is 2. The van der Waals surface area contributed by atoms with Gasteiger partial charge in [-0.25, -0.2) is 4.98 Å². The first kappa shape index (κ1) is 14.4. The predicted octanol–water partition coefficient (Wildman–Crippen LogP) is 2.15. The molecule has 1 unspecified atom stereocenters. The third-order valence-electron chi connectivity index (χ3n) is 2.50. The highest BCUT2D eigenvalue weighted by atomic mass is 32.1. The first-order valence-electron chi connectivity index (χ1n) is 6.40. The second-order valence-electron chi connectivity index (χ2n) is 4.34. The highest BCUT2D eigenvalue weighted by Crippen LogP contribution is 2.17. The summed E-state index contributed by atoms with van der Waals surface area (Å²) in [7, 11) is 0. The van der Waals surface area contributed by atoms with Gasteiger partial charge in [0.2, 0.25) is 16.0 Å². The van der Waals surface area contributed by atoms with Gasteiger partial charge in [0.05, 0.1) is 6.20 Å². The van der Waals surface area contributed by atoms with Gasteiger partial charge in [0.25, 0.3) is 5.91 Å². The topological polar surface area (TPSA) is 92.9 Å². The van der Waals surface area contributed by atoms with E-state index in [9.17, 15) is 4.79 Å². The smallest absolute Gasteiger partial charge is 0.282 e. The van der Waals surface area contributed by atoms with Gasteiger partial charge >= 0.3 is 0 Å². The lowest BCUT2D eigenvalue weighted by Crippen LogP contribution is -2.26. The summed E-state index contributed by atoms with van der Waals surface area (Å²) in [6.07, 6.45) is 2.61. The molecule has 2 aromatic rings. The number of nitrogens with zero attached hydrogens (tertiary/aromatic N) is 3. The van der Waals surface area contributed by atoms with Crippen LogP contribution in [0.2, 0.25) is 0 Å². The van der Waals surface area contributed by atoms with E-state index in [0.29, 0.717) is 21.8 Å². The Hall–Kier alpha value is -1.96. The lowest BCUT2D eigenvalue weighted by atomic mass is 10.3. The molecule has 0 aliphatic carbocycles. The first-order chi connectivity index (χ1) is 9.60. The summed E-state index contributed by atoms with van der Waals surface area (Å²) in [6.45, 7) is 6.48. The molecule has 0 fully saturated rings. The molecule has 0 aliphatic rings. The Bertz CT molecular complexity index is 580. The van der Waals surface area contributed by atoms with Crippen molar-refractivity contribution in [3.63, 3.8) is 0 Å². The molecule has 0 aliphatic heterocycles. The van der Waals surface area contributed by atoms with E-state index in [4.69, 9.17) is 4.42 Å². The van der Waals surface area contributed by atoms with Crippen molar-refractivity contribution < 1.29 is 9.21 Å². The van der Waals surface area contributed by atoms with Crippen LogP contribution in [-0.2, 0) is 0 Å². The van der Waals surface area contributed by atoms with E-state index in [0.717, 1.165) is 13.0 Å². The van der Waals surface area contributed by atoms with Crippen LogP contribution in [0.4, 0.5) is 5.13 Å². The molecule has 0 saturated carbocycles. The second kappa shape index (κ2) is 6.47. The fourth-order valence-electron chi connectivity index (χ4n) is 1.51. The fourth-order valence-corrected chi connectivity index (χ4v) is 2.18. The number of carbonyl (C=O) groups is 1. The van der Waals surface area contributed by atoms with Crippen LogP contribution in [0.3, 0.4) is 0 Å². The second-order valence-corrected chi connectivity index (χ2v) is 5.32. The standard InChI is InChI=1S/C12H17N5O2S/c1-4-5-13-12-17-16-11(20-12)9(18)15-8(3)10-14-6-7(2)19-10/h6,8H,4-5H2,1-3H3,(H,13,17)(H,15,18). The number of amides is 1. The van der Waals surface area contributed by atoms with Crippen LogP contribution in [0.25, 0.3) is 0 Å². The molecular weight excluding hydrogens is 278 g/mol. The van der Waals surface area contributed by atoms with Gasteiger partial charge in [-0.15, -0.1) is 10.2 Å². The third-order valence-corrected chi connectivity index (χ3v) is 3.38. The molecule has 0 saturated heterocycles. The van der Waals surface area contributed by atoms with E-state index >= 15 is 0 Å². The van der Waals surface area contributed by atoms with Crippen LogP contribution < -0.4 is 10.6 Å². The molecule has 1 amide bonds. The summed E-state index contributed by atoms with van der Waals surface area (Å²) in [4.78, 5) is 16.1. The lowest BCUT2D eigenvalue weighted by Gasteiger charge is -2.08. The van der Waals surface area contributed by atoms with E-state index in [1.807, 2.05) is 6.92 Å². The summed E-state index contributed by atoms with van der Waals surface area (Å²) in [5.74, 6) is 0.906. The van der Waals surface area contributed by atoms with Crippen LogP contribution in [0.1, 0.15) is 47.8 Å². The maximum atomic E-state index is 12.0. The van der Waals surface area contributed by atoms with Gasteiger partial charge in [0, 0.05) is 6.54 Å². The predicted molar refractivity (Wildman–Crippen MR) is 75.8 cm³/mol. The van der Waals surface area contributed by atoms with E-state index in [-0.39, 0.29) is 11.9 Å². The molecule has 2 N–H and O–H groups in total. The normalized spacial score (nSPS) is 12.2. The number of hydrogen-bond acceptors (Lipinski definition) is 7. The van der Waals surface area contributed by atoms with Gasteiger partial charge in [0.15, 0.2) is 0 Å². The van der Waals surface area contributed by atoms with Gasteiger partial charge < -0.3 is 15.1 Å². The summed E-state index contributed by atoms with van der Waals surface area (Å²) < 4.78 is 5.37. The van der Waals surface area contributed by atoms with E-state index < -0.39 is 0 Å². The highest BCUT2D eigenvalue weighted by molar-refractivity contribution is 7.17. The Kier molecular flexibility index (Phi) is 4.67. The van der Waals surface area contributed by atoms with Crippen molar-refractivity contribution in [2.24, 2.45) is 0 Å². The van der Waals surface area contributed by atoms with E-state index in [1.54, 1.807) is 13.1 Å². The average molecular weight is 295 g/mol. The van der Waals surface area contributed by atoms with Crippen molar-refractivity contribution in [2.75, 3.05) is 11.9 Å². The number of oxazole rings is 1. The van der Waals surface area contributed by atoms with E-state index in [1.165, 1.54) is 11.3 Å². The zero-order valence-corrected chi connectivity index (χ0v) is 12.5. The van der Waals surface area contributed by atoms with Crippen molar-refractivity contribution in [1.29, 1.82) is 0 Å². The van der Waals surface area contributed by atoms with Gasteiger partial charge in [-0.05, 0) is 20.3 Å². The van der Waals surface area contributed by atoms with Crippen LogP contribution >= 0.6 is 11.3 Å². The third kappa shape index (κ3) is 3.53. The van der Waals surface area contributed by atoms with Crippen molar-refractivity contribution in [1.82, 2.24) is 20.5 Å². The molecule has 2 rings (SSSR count). The number of carbonyl (C=O) groups excluding carboxylic acids is 1. The Morgan fingerprint density at radius 3 is 2.95 bits per heavy atom. The fraction of sp³-hybridized carbons (Fsp3) is 0.500. The van der Waals surface area contributed by atoms with E-state index in [2.05, 4.69) is 32.7 Å². The summed E-state index contributed by atoms with van der Waals surface area (Å²) in [5.41, 5.74) is 0. The molecule has 1 atom stereocenters.